The Bertz CT molecular complexity index is 612. The summed E-state index contributed by atoms with van der Waals surface area (Å²) in [5, 5.41) is 6.16. The fourth-order valence-electron chi connectivity index (χ4n) is 3.83. The van der Waals surface area contributed by atoms with Crippen LogP contribution in [0, 0.1) is 5.92 Å². The first-order valence-electron chi connectivity index (χ1n) is 7.66. The van der Waals surface area contributed by atoms with Crippen LogP contribution in [-0.2, 0) is 10.2 Å². The lowest BCUT2D eigenvalue weighted by atomic mass is 9.65. The van der Waals surface area contributed by atoms with Gasteiger partial charge in [0, 0.05) is 5.41 Å². The number of hydrogen-bond acceptors (Lipinski definition) is 2. The van der Waals surface area contributed by atoms with Crippen LogP contribution in [0.3, 0.4) is 0 Å². The summed E-state index contributed by atoms with van der Waals surface area (Å²) >= 11 is 0. The van der Waals surface area contributed by atoms with Crippen LogP contribution in [0.15, 0.2) is 42.5 Å². The molecule has 104 valence electrons. The average Bonchev–Trinajstić information content (AvgIpc) is 2.47. The maximum Gasteiger partial charge on any atom is 0.0588 e. The lowest BCUT2D eigenvalue weighted by molar-refractivity contribution is -0.0963. The van der Waals surface area contributed by atoms with Crippen LogP contribution in [0.5, 0.6) is 0 Å². The minimum atomic E-state index is 0.270. The fraction of sp³-hybridized carbons (Fsp3) is 0.444. The molecule has 2 heterocycles. The normalized spacial score (nSPS) is 22.6. The van der Waals surface area contributed by atoms with E-state index in [0.717, 1.165) is 32.2 Å². The molecular formula is C18H21NO. The quantitative estimate of drug-likeness (QED) is 0.902. The second-order valence-corrected chi connectivity index (χ2v) is 6.24. The molecule has 0 spiro atoms. The monoisotopic (exact) mass is 267 g/mol. The van der Waals surface area contributed by atoms with E-state index in [1.54, 1.807) is 0 Å². The maximum absolute atomic E-state index is 5.64. The van der Waals surface area contributed by atoms with Crippen LogP contribution < -0.4 is 5.32 Å². The Morgan fingerprint density at radius 1 is 0.950 bits per heavy atom. The summed E-state index contributed by atoms with van der Waals surface area (Å²) in [6.45, 7) is 4.10. The number of benzene rings is 2. The summed E-state index contributed by atoms with van der Waals surface area (Å²) in [4.78, 5) is 0. The Kier molecular flexibility index (Phi) is 3.01. The number of nitrogens with one attached hydrogen (secondary N) is 1. The van der Waals surface area contributed by atoms with Crippen molar-refractivity contribution in [2.75, 3.05) is 26.3 Å². The van der Waals surface area contributed by atoms with Crippen molar-refractivity contribution in [3.05, 3.63) is 48.0 Å². The van der Waals surface area contributed by atoms with Gasteiger partial charge in [-0.2, -0.15) is 0 Å². The highest BCUT2D eigenvalue weighted by molar-refractivity contribution is 5.83. The van der Waals surface area contributed by atoms with Gasteiger partial charge in [-0.3, -0.25) is 0 Å². The fourth-order valence-corrected chi connectivity index (χ4v) is 3.83. The molecule has 2 aromatic carbocycles. The highest BCUT2D eigenvalue weighted by Gasteiger charge is 2.46. The molecule has 2 aliphatic rings. The van der Waals surface area contributed by atoms with Crippen molar-refractivity contribution in [2.24, 2.45) is 5.92 Å². The van der Waals surface area contributed by atoms with E-state index in [-0.39, 0.29) is 5.41 Å². The molecular weight excluding hydrogens is 246 g/mol. The van der Waals surface area contributed by atoms with E-state index < -0.39 is 0 Å². The zero-order valence-corrected chi connectivity index (χ0v) is 11.8. The van der Waals surface area contributed by atoms with Crippen molar-refractivity contribution in [3.63, 3.8) is 0 Å². The minimum Gasteiger partial charge on any atom is -0.379 e. The van der Waals surface area contributed by atoms with Crippen LogP contribution in [0.25, 0.3) is 10.8 Å². The van der Waals surface area contributed by atoms with Crippen LogP contribution in [0.2, 0.25) is 0 Å². The Hall–Kier alpha value is -1.38. The smallest absolute Gasteiger partial charge is 0.0588 e. The predicted octanol–water partition coefficient (Wildman–Crippen LogP) is 3.11. The van der Waals surface area contributed by atoms with Gasteiger partial charge in [-0.05, 0) is 48.2 Å². The summed E-state index contributed by atoms with van der Waals surface area (Å²) in [5.41, 5.74) is 1.75. The Labute approximate surface area is 120 Å². The summed E-state index contributed by atoms with van der Waals surface area (Å²) in [6, 6.07) is 15.6. The number of ether oxygens (including phenoxy) is 1. The average molecular weight is 267 g/mol. The minimum absolute atomic E-state index is 0.270. The van der Waals surface area contributed by atoms with Gasteiger partial charge < -0.3 is 10.1 Å². The van der Waals surface area contributed by atoms with Crippen molar-refractivity contribution in [1.29, 1.82) is 0 Å². The van der Waals surface area contributed by atoms with Gasteiger partial charge in [0.1, 0.15) is 0 Å². The highest BCUT2D eigenvalue weighted by Crippen LogP contribution is 2.44. The van der Waals surface area contributed by atoms with Crippen LogP contribution in [-0.4, -0.2) is 26.3 Å². The van der Waals surface area contributed by atoms with Gasteiger partial charge in [0.05, 0.1) is 13.2 Å². The van der Waals surface area contributed by atoms with Crippen molar-refractivity contribution < 1.29 is 4.74 Å². The largest absolute Gasteiger partial charge is 0.379 e. The van der Waals surface area contributed by atoms with E-state index in [4.69, 9.17) is 4.74 Å². The lowest BCUT2D eigenvalue weighted by Crippen LogP contribution is -2.54. The molecule has 2 nitrogen and oxygen atoms in total. The summed E-state index contributed by atoms with van der Waals surface area (Å²) in [7, 11) is 0. The second kappa shape index (κ2) is 4.87. The van der Waals surface area contributed by atoms with E-state index >= 15 is 0 Å². The summed E-state index contributed by atoms with van der Waals surface area (Å²) < 4.78 is 5.64. The van der Waals surface area contributed by atoms with Crippen molar-refractivity contribution in [1.82, 2.24) is 5.32 Å². The summed E-state index contributed by atoms with van der Waals surface area (Å²) in [6.07, 6.45) is 2.55. The topological polar surface area (TPSA) is 21.3 Å². The van der Waals surface area contributed by atoms with Gasteiger partial charge in [-0.15, -0.1) is 0 Å². The van der Waals surface area contributed by atoms with Crippen molar-refractivity contribution in [2.45, 2.75) is 18.3 Å². The van der Waals surface area contributed by atoms with Crippen LogP contribution in [0.4, 0.5) is 0 Å². The molecule has 1 N–H and O–H groups in total. The molecule has 20 heavy (non-hydrogen) atoms. The van der Waals surface area contributed by atoms with Crippen LogP contribution >= 0.6 is 0 Å². The van der Waals surface area contributed by atoms with E-state index in [9.17, 15) is 0 Å². The molecule has 0 aromatic heterocycles. The molecule has 0 amide bonds. The van der Waals surface area contributed by atoms with Gasteiger partial charge in [-0.25, -0.2) is 0 Å². The van der Waals surface area contributed by atoms with E-state index in [1.165, 1.54) is 29.2 Å². The maximum atomic E-state index is 5.64. The molecule has 0 radical (unpaired) electrons. The number of fused-ring (bicyclic) bond motifs is 1. The third-order valence-electron chi connectivity index (χ3n) is 5.16. The van der Waals surface area contributed by atoms with Crippen molar-refractivity contribution >= 4 is 10.8 Å². The van der Waals surface area contributed by atoms with Gasteiger partial charge >= 0.3 is 0 Å². The summed E-state index contributed by atoms with van der Waals surface area (Å²) in [5.74, 6) is 0.763. The molecule has 0 atom stereocenters. The molecule has 2 aliphatic heterocycles. The molecule has 2 fully saturated rings. The van der Waals surface area contributed by atoms with E-state index in [0.29, 0.717) is 0 Å². The predicted molar refractivity (Wildman–Crippen MR) is 82.0 cm³/mol. The number of hydrogen-bond donors (Lipinski definition) is 1. The van der Waals surface area contributed by atoms with Gasteiger partial charge in [-0.1, -0.05) is 42.5 Å². The lowest BCUT2D eigenvalue weighted by Gasteiger charge is -2.49. The highest BCUT2D eigenvalue weighted by atomic mass is 16.5. The van der Waals surface area contributed by atoms with Gasteiger partial charge in [0.15, 0.2) is 0 Å². The number of piperidine rings is 1. The zero-order chi connectivity index (χ0) is 13.4. The molecule has 2 aromatic rings. The molecule has 2 heteroatoms. The molecule has 2 saturated heterocycles. The van der Waals surface area contributed by atoms with E-state index in [1.807, 2.05) is 0 Å². The Balaban J connectivity index is 1.75. The van der Waals surface area contributed by atoms with Gasteiger partial charge in [0.25, 0.3) is 0 Å². The Morgan fingerprint density at radius 2 is 1.70 bits per heavy atom. The first kappa shape index (κ1) is 12.4. The third-order valence-corrected chi connectivity index (χ3v) is 5.16. The van der Waals surface area contributed by atoms with Crippen LogP contribution in [0.1, 0.15) is 18.4 Å². The Morgan fingerprint density at radius 3 is 2.40 bits per heavy atom. The molecule has 0 aliphatic carbocycles. The third kappa shape index (κ3) is 1.87. The molecule has 0 bridgehead atoms. The van der Waals surface area contributed by atoms with Gasteiger partial charge in [0.2, 0.25) is 0 Å². The molecule has 4 rings (SSSR count). The zero-order valence-electron chi connectivity index (χ0n) is 11.8. The molecule has 0 saturated carbocycles. The second-order valence-electron chi connectivity index (χ2n) is 6.24. The molecule has 0 unspecified atom stereocenters. The first-order valence-corrected chi connectivity index (χ1v) is 7.66. The van der Waals surface area contributed by atoms with E-state index in [2.05, 4.69) is 47.8 Å². The number of rotatable bonds is 2. The first-order chi connectivity index (χ1) is 9.88. The van der Waals surface area contributed by atoms with Crippen molar-refractivity contribution in [3.8, 4) is 0 Å². The SMILES string of the molecule is c1ccc2cc(C3(C4CCNCC4)COC3)ccc2c1. The standard InChI is InChI=1S/C18H21NO/c1-2-4-15-11-17(6-5-14(15)3-1)18(12-20-13-18)16-7-9-19-10-8-16/h1-6,11,16,19H,7-10,12-13H2.